The number of unbranched alkanes of at least 4 members (excludes halogenated alkanes) is 1. The number of thiazole rings is 1. The Bertz CT molecular complexity index is 324. The quantitative estimate of drug-likeness (QED) is 0.565. The van der Waals surface area contributed by atoms with Crippen molar-refractivity contribution in [3.05, 3.63) is 11.1 Å². The maximum atomic E-state index is 9.25. The lowest BCUT2D eigenvalue weighted by Crippen LogP contribution is -2.43. The van der Waals surface area contributed by atoms with Crippen molar-refractivity contribution in [2.75, 3.05) is 19.4 Å². The molecule has 3 nitrogen and oxygen atoms in total. The average Bonchev–Trinajstić information content (AvgIpc) is 2.74. The minimum Gasteiger partial charge on any atom is -0.394 e. The van der Waals surface area contributed by atoms with Crippen LogP contribution >= 0.6 is 23.1 Å². The molecule has 0 amide bonds. The van der Waals surface area contributed by atoms with Gasteiger partial charge in [0.2, 0.25) is 0 Å². The first-order valence-electron chi connectivity index (χ1n) is 5.94. The van der Waals surface area contributed by atoms with Crippen LogP contribution in [0.4, 0.5) is 0 Å². The number of thioether (sulfide) groups is 1. The molecule has 1 heterocycles. The van der Waals surface area contributed by atoms with Gasteiger partial charge in [0.15, 0.2) is 0 Å². The number of nitrogens with one attached hydrogen (secondary N) is 1. The Morgan fingerprint density at radius 1 is 1.53 bits per heavy atom. The summed E-state index contributed by atoms with van der Waals surface area (Å²) in [5.74, 6) is 1.11. The fraction of sp³-hybridized carbons (Fsp3) is 0.750. The first-order chi connectivity index (χ1) is 8.09. The number of aryl methyl sites for hydroxylation is 1. The van der Waals surface area contributed by atoms with Crippen molar-refractivity contribution >= 4 is 23.1 Å². The molecule has 1 aromatic heterocycles. The molecular formula is C12H22N2OS2. The topological polar surface area (TPSA) is 45.1 Å². The van der Waals surface area contributed by atoms with Gasteiger partial charge in [-0.2, -0.15) is 0 Å². The summed E-state index contributed by atoms with van der Waals surface area (Å²) in [5, 5.41) is 14.5. The highest BCUT2D eigenvalue weighted by Gasteiger charge is 2.19. The lowest BCUT2D eigenvalue weighted by molar-refractivity contribution is 0.171. The molecule has 0 aliphatic heterocycles. The molecule has 2 N–H and O–H groups in total. The molecule has 0 radical (unpaired) electrons. The van der Waals surface area contributed by atoms with E-state index in [2.05, 4.69) is 22.6 Å². The van der Waals surface area contributed by atoms with Crippen molar-refractivity contribution < 1.29 is 5.11 Å². The van der Waals surface area contributed by atoms with E-state index in [1.165, 1.54) is 10.8 Å². The van der Waals surface area contributed by atoms with Crippen molar-refractivity contribution in [2.24, 2.45) is 0 Å². The van der Waals surface area contributed by atoms with Crippen molar-refractivity contribution in [3.8, 4) is 0 Å². The van der Waals surface area contributed by atoms with Crippen molar-refractivity contribution in [1.29, 1.82) is 0 Å². The summed E-state index contributed by atoms with van der Waals surface area (Å²) in [5.41, 5.74) is 0.989. The van der Waals surface area contributed by atoms with Gasteiger partial charge in [-0.15, -0.1) is 11.3 Å². The summed E-state index contributed by atoms with van der Waals surface area (Å²) in [7, 11) is 1.91. The molecule has 5 heteroatoms. The Morgan fingerprint density at radius 3 is 2.82 bits per heavy atom. The van der Waals surface area contributed by atoms with Crippen molar-refractivity contribution in [1.82, 2.24) is 10.3 Å². The molecule has 1 atom stereocenters. The van der Waals surface area contributed by atoms with E-state index in [-0.39, 0.29) is 12.1 Å². The Hall–Kier alpha value is -0.100. The number of hydrogen-bond donors (Lipinski definition) is 2. The molecule has 0 aromatic carbocycles. The molecular weight excluding hydrogens is 252 g/mol. The van der Waals surface area contributed by atoms with E-state index in [4.69, 9.17) is 0 Å². The van der Waals surface area contributed by atoms with Crippen LogP contribution in [0.5, 0.6) is 0 Å². The van der Waals surface area contributed by atoms with Crippen LogP contribution in [0.1, 0.15) is 31.9 Å². The van der Waals surface area contributed by atoms with Gasteiger partial charge >= 0.3 is 0 Å². The van der Waals surface area contributed by atoms with Crippen molar-refractivity contribution in [2.45, 2.75) is 43.0 Å². The van der Waals surface area contributed by atoms with Gasteiger partial charge in [0.25, 0.3) is 0 Å². The minimum atomic E-state index is -0.123. The zero-order valence-electron chi connectivity index (χ0n) is 10.8. The molecule has 98 valence electrons. The monoisotopic (exact) mass is 274 g/mol. The van der Waals surface area contributed by atoms with Crippen LogP contribution in [0.25, 0.3) is 0 Å². The highest BCUT2D eigenvalue weighted by molar-refractivity contribution is 8.00. The summed E-state index contributed by atoms with van der Waals surface area (Å²) < 4.78 is 1.17. The summed E-state index contributed by atoms with van der Waals surface area (Å²) in [6.45, 7) is 4.28. The maximum absolute atomic E-state index is 9.25. The summed E-state index contributed by atoms with van der Waals surface area (Å²) >= 11 is 3.55. The summed E-state index contributed by atoms with van der Waals surface area (Å²) in [6.07, 6.45) is 3.31. The molecule has 1 unspecified atom stereocenters. The van der Waals surface area contributed by atoms with E-state index in [1.54, 1.807) is 11.3 Å². The second kappa shape index (κ2) is 7.36. The lowest BCUT2D eigenvalue weighted by Gasteiger charge is -2.26. The fourth-order valence-electron chi connectivity index (χ4n) is 1.46. The van der Waals surface area contributed by atoms with Gasteiger partial charge in [0.1, 0.15) is 4.34 Å². The molecule has 1 aromatic rings. The van der Waals surface area contributed by atoms with Crippen LogP contribution in [0.2, 0.25) is 0 Å². The lowest BCUT2D eigenvalue weighted by atomic mass is 9.96. The van der Waals surface area contributed by atoms with E-state index in [9.17, 15) is 5.11 Å². The van der Waals surface area contributed by atoms with E-state index in [1.807, 2.05) is 25.7 Å². The van der Waals surface area contributed by atoms with Crippen LogP contribution in [0, 0.1) is 6.92 Å². The van der Waals surface area contributed by atoms with Gasteiger partial charge in [-0.3, -0.25) is 0 Å². The minimum absolute atomic E-state index is 0.123. The van der Waals surface area contributed by atoms with Gasteiger partial charge in [-0.25, -0.2) is 4.98 Å². The van der Waals surface area contributed by atoms with Gasteiger partial charge in [0, 0.05) is 22.4 Å². The largest absolute Gasteiger partial charge is 0.394 e. The predicted molar refractivity (Wildman–Crippen MR) is 76.0 cm³/mol. The number of aliphatic hydroxyl groups excluding tert-OH is 1. The van der Waals surface area contributed by atoms with Crippen LogP contribution < -0.4 is 5.32 Å². The van der Waals surface area contributed by atoms with Crippen LogP contribution in [-0.4, -0.2) is 35.0 Å². The van der Waals surface area contributed by atoms with E-state index >= 15 is 0 Å². The zero-order valence-corrected chi connectivity index (χ0v) is 12.5. The SMILES string of the molecule is CNC(C)(CO)CCCCSc1nc(C)cs1. The Morgan fingerprint density at radius 2 is 2.29 bits per heavy atom. The molecule has 0 fully saturated rings. The van der Waals surface area contributed by atoms with Gasteiger partial charge < -0.3 is 10.4 Å². The average molecular weight is 274 g/mol. The third kappa shape index (κ3) is 5.38. The first kappa shape index (κ1) is 15.0. The smallest absolute Gasteiger partial charge is 0.150 e. The van der Waals surface area contributed by atoms with Gasteiger partial charge in [-0.1, -0.05) is 18.2 Å². The molecule has 0 saturated heterocycles. The molecule has 0 aliphatic carbocycles. The Kier molecular flexibility index (Phi) is 6.48. The van der Waals surface area contributed by atoms with Crippen molar-refractivity contribution in [3.63, 3.8) is 0 Å². The number of aliphatic hydroxyl groups is 1. The summed E-state index contributed by atoms with van der Waals surface area (Å²) in [4.78, 5) is 4.42. The number of nitrogens with zero attached hydrogens (tertiary/aromatic N) is 1. The zero-order chi connectivity index (χ0) is 12.7. The van der Waals surface area contributed by atoms with E-state index in [0.29, 0.717) is 0 Å². The molecule has 17 heavy (non-hydrogen) atoms. The standard InChI is InChI=1S/C12H22N2OS2/c1-10-8-17-11(14-10)16-7-5-4-6-12(2,9-15)13-3/h8,13,15H,4-7,9H2,1-3H3. The second-order valence-electron chi connectivity index (χ2n) is 4.53. The summed E-state index contributed by atoms with van der Waals surface area (Å²) in [6, 6.07) is 0. The number of aromatic nitrogens is 1. The van der Waals surface area contributed by atoms with E-state index in [0.717, 1.165) is 24.3 Å². The van der Waals surface area contributed by atoms with E-state index < -0.39 is 0 Å². The highest BCUT2D eigenvalue weighted by Crippen LogP contribution is 2.24. The molecule has 1 rings (SSSR count). The second-order valence-corrected chi connectivity index (χ2v) is 6.73. The predicted octanol–water partition coefficient (Wildman–Crippen LogP) is 2.68. The Balaban J connectivity index is 2.12. The normalized spacial score (nSPS) is 14.8. The van der Waals surface area contributed by atoms with Crippen LogP contribution in [0.15, 0.2) is 9.72 Å². The molecule has 0 bridgehead atoms. The number of likely N-dealkylation sites (N-methyl/N-ethyl adjacent to an activating group) is 1. The van der Waals surface area contributed by atoms with Gasteiger partial charge in [-0.05, 0) is 33.7 Å². The molecule has 0 spiro atoms. The van der Waals surface area contributed by atoms with Gasteiger partial charge in [0.05, 0.1) is 6.61 Å². The van der Waals surface area contributed by atoms with Crippen LogP contribution in [0.3, 0.4) is 0 Å². The third-order valence-corrected chi connectivity index (χ3v) is 5.12. The maximum Gasteiger partial charge on any atom is 0.150 e. The highest BCUT2D eigenvalue weighted by atomic mass is 32.2. The third-order valence-electron chi connectivity index (χ3n) is 2.90. The van der Waals surface area contributed by atoms with Crippen LogP contribution in [-0.2, 0) is 0 Å². The molecule has 0 aliphatic rings. The fourth-order valence-corrected chi connectivity index (χ4v) is 3.38. The first-order valence-corrected chi connectivity index (χ1v) is 7.81. The Labute approximate surface area is 112 Å². The number of rotatable bonds is 8. The number of hydrogen-bond acceptors (Lipinski definition) is 5. The molecule has 0 saturated carbocycles.